The van der Waals surface area contributed by atoms with Gasteiger partial charge in [-0.05, 0) is 81.3 Å². The van der Waals surface area contributed by atoms with Gasteiger partial charge >= 0.3 is 11.9 Å². The summed E-state index contributed by atoms with van der Waals surface area (Å²) in [4.78, 5) is 25.4. The Hall–Kier alpha value is -4.78. The third-order valence-electron chi connectivity index (χ3n) is 6.77. The number of carbonyl (C=O) groups is 2. The topological polar surface area (TPSA) is 87.0 Å². The van der Waals surface area contributed by atoms with E-state index in [-0.39, 0.29) is 17.9 Å². The lowest BCUT2D eigenvalue weighted by atomic mass is 9.85. The molecule has 4 aromatic rings. The van der Waals surface area contributed by atoms with Crippen molar-refractivity contribution in [1.29, 1.82) is 0 Å². The zero-order chi connectivity index (χ0) is 28.4. The zero-order valence-electron chi connectivity index (χ0n) is 23.2. The molecule has 0 fully saturated rings. The number of aryl methyl sites for hydroxylation is 1. The molecule has 0 amide bonds. The molecule has 3 aromatic carbocycles. The third-order valence-corrected chi connectivity index (χ3v) is 6.77. The number of nitrogens with one attached hydrogen (secondary N) is 1. The molecule has 1 N–H and O–H groups in total. The van der Waals surface area contributed by atoms with Crippen molar-refractivity contribution in [2.75, 3.05) is 12.4 Å². The maximum atomic E-state index is 13.0. The lowest BCUT2D eigenvalue weighted by Crippen LogP contribution is -2.32. The lowest BCUT2D eigenvalue weighted by molar-refractivity contribution is 0.0473. The van der Waals surface area contributed by atoms with Gasteiger partial charge in [0.15, 0.2) is 0 Å². The Kier molecular flexibility index (Phi) is 7.22. The van der Waals surface area contributed by atoms with E-state index in [4.69, 9.17) is 18.6 Å². The summed E-state index contributed by atoms with van der Waals surface area (Å²) in [5.41, 5.74) is 6.78. The molecule has 0 unspecified atom stereocenters. The van der Waals surface area contributed by atoms with Gasteiger partial charge in [-0.1, -0.05) is 29.8 Å². The van der Waals surface area contributed by atoms with Crippen LogP contribution in [0.25, 0.3) is 16.7 Å². The summed E-state index contributed by atoms with van der Waals surface area (Å²) in [6.07, 6.45) is 3.58. The van der Waals surface area contributed by atoms with Gasteiger partial charge in [-0.15, -0.1) is 0 Å². The first kappa shape index (κ1) is 26.8. The lowest BCUT2D eigenvalue weighted by Gasteiger charge is -2.33. The smallest absolute Gasteiger partial charge is 0.379 e. The Bertz CT molecular complexity index is 1600. The number of fused-ring (bicyclic) bond motifs is 1. The number of hydrogen-bond donors (Lipinski definition) is 1. The summed E-state index contributed by atoms with van der Waals surface area (Å²) in [6, 6.07) is 19.7. The summed E-state index contributed by atoms with van der Waals surface area (Å²) in [5, 5.41) is 3.57. The van der Waals surface area contributed by atoms with Crippen LogP contribution in [0.15, 0.2) is 83.5 Å². The van der Waals surface area contributed by atoms with Crippen molar-refractivity contribution < 1.29 is 28.2 Å². The molecule has 7 nitrogen and oxygen atoms in total. The molecule has 40 heavy (non-hydrogen) atoms. The van der Waals surface area contributed by atoms with Gasteiger partial charge in [0.2, 0.25) is 5.76 Å². The molecule has 0 radical (unpaired) electrons. The molecule has 5 rings (SSSR count). The van der Waals surface area contributed by atoms with Crippen LogP contribution in [0.2, 0.25) is 0 Å². The number of carbonyl (C=O) groups excluding carboxylic acids is 2. The normalized spacial score (nSPS) is 13.5. The van der Waals surface area contributed by atoms with E-state index >= 15 is 0 Å². The van der Waals surface area contributed by atoms with E-state index in [9.17, 15) is 9.59 Å². The number of ether oxygens (including phenoxy) is 3. The summed E-state index contributed by atoms with van der Waals surface area (Å²) in [5.74, 6) is -0.0883. The summed E-state index contributed by atoms with van der Waals surface area (Å²) in [7, 11) is 1.56. The van der Waals surface area contributed by atoms with Crippen LogP contribution in [0.3, 0.4) is 0 Å². The standard InChI is InChI=1S/C33H31NO6/c1-20-8-10-22(11-9-20)31(35)39-19-26-24(14-15-27-30(26)21(2)18-33(3,4)34-27)25-13-12-23(17-29(25)37-5)40-32(36)28-7-6-16-38-28/h6-18,34H,19H2,1-5H3. The second-order valence-corrected chi connectivity index (χ2v) is 10.4. The molecular formula is C33H31NO6. The number of benzene rings is 3. The zero-order valence-corrected chi connectivity index (χ0v) is 23.2. The van der Waals surface area contributed by atoms with Gasteiger partial charge < -0.3 is 23.9 Å². The second kappa shape index (κ2) is 10.8. The molecule has 0 spiro atoms. The Morgan fingerprint density at radius 1 is 0.925 bits per heavy atom. The molecule has 0 atom stereocenters. The van der Waals surface area contributed by atoms with Crippen molar-refractivity contribution in [1.82, 2.24) is 0 Å². The molecule has 1 aromatic heterocycles. The van der Waals surface area contributed by atoms with Crippen molar-refractivity contribution >= 4 is 23.2 Å². The molecule has 0 saturated heterocycles. The van der Waals surface area contributed by atoms with Gasteiger partial charge in [-0.25, -0.2) is 9.59 Å². The van der Waals surface area contributed by atoms with E-state index < -0.39 is 11.9 Å². The van der Waals surface area contributed by atoms with Crippen LogP contribution in [-0.4, -0.2) is 24.6 Å². The Morgan fingerprint density at radius 3 is 2.38 bits per heavy atom. The molecule has 2 heterocycles. The maximum absolute atomic E-state index is 13.0. The minimum absolute atomic E-state index is 0.0525. The highest BCUT2D eigenvalue weighted by atomic mass is 16.5. The number of furan rings is 1. The number of rotatable bonds is 7. The summed E-state index contributed by atoms with van der Waals surface area (Å²) >= 11 is 0. The van der Waals surface area contributed by atoms with Crippen LogP contribution in [0.1, 0.15) is 58.4 Å². The maximum Gasteiger partial charge on any atom is 0.379 e. The van der Waals surface area contributed by atoms with Crippen LogP contribution < -0.4 is 14.8 Å². The first-order chi connectivity index (χ1) is 19.1. The first-order valence-corrected chi connectivity index (χ1v) is 13.0. The highest BCUT2D eigenvalue weighted by Crippen LogP contribution is 2.43. The first-order valence-electron chi connectivity index (χ1n) is 13.0. The van der Waals surface area contributed by atoms with Crippen molar-refractivity contribution in [3.63, 3.8) is 0 Å². The molecule has 204 valence electrons. The van der Waals surface area contributed by atoms with Gasteiger partial charge in [0.05, 0.1) is 24.5 Å². The minimum Gasteiger partial charge on any atom is -0.496 e. The van der Waals surface area contributed by atoms with Crippen LogP contribution in [0, 0.1) is 6.92 Å². The number of allylic oxidation sites excluding steroid dienone is 1. The van der Waals surface area contributed by atoms with Gasteiger partial charge in [0.1, 0.15) is 18.1 Å². The average Bonchev–Trinajstić information content (AvgIpc) is 3.46. The predicted molar refractivity (Wildman–Crippen MR) is 154 cm³/mol. The third kappa shape index (κ3) is 5.50. The average molecular weight is 538 g/mol. The fourth-order valence-electron chi connectivity index (χ4n) is 5.02. The van der Waals surface area contributed by atoms with Crippen LogP contribution >= 0.6 is 0 Å². The van der Waals surface area contributed by atoms with E-state index in [0.29, 0.717) is 17.1 Å². The predicted octanol–water partition coefficient (Wildman–Crippen LogP) is 7.45. The number of hydrogen-bond acceptors (Lipinski definition) is 7. The van der Waals surface area contributed by atoms with E-state index in [2.05, 4.69) is 32.2 Å². The molecule has 0 bridgehead atoms. The minimum atomic E-state index is -0.605. The van der Waals surface area contributed by atoms with Gasteiger partial charge in [-0.2, -0.15) is 0 Å². The molecule has 0 saturated carbocycles. The van der Waals surface area contributed by atoms with Gasteiger partial charge in [-0.3, -0.25) is 0 Å². The Labute approximate surface area is 233 Å². The van der Waals surface area contributed by atoms with Crippen molar-refractivity contribution in [3.05, 3.63) is 107 Å². The highest BCUT2D eigenvalue weighted by Gasteiger charge is 2.27. The van der Waals surface area contributed by atoms with E-state index in [0.717, 1.165) is 39.1 Å². The number of anilines is 1. The monoisotopic (exact) mass is 537 g/mol. The van der Waals surface area contributed by atoms with Crippen LogP contribution in [0.5, 0.6) is 11.5 Å². The van der Waals surface area contributed by atoms with Crippen LogP contribution in [0.4, 0.5) is 5.69 Å². The Morgan fingerprint density at radius 2 is 1.68 bits per heavy atom. The van der Waals surface area contributed by atoms with Crippen molar-refractivity contribution in [3.8, 4) is 22.6 Å². The van der Waals surface area contributed by atoms with E-state index in [1.807, 2.05) is 37.3 Å². The molecule has 1 aliphatic heterocycles. The van der Waals surface area contributed by atoms with Gasteiger partial charge in [0.25, 0.3) is 0 Å². The SMILES string of the molecule is COc1cc(OC(=O)c2ccco2)ccc1-c1ccc2c(c1COC(=O)c1ccc(C)cc1)C(C)=CC(C)(C)N2. The van der Waals surface area contributed by atoms with Crippen molar-refractivity contribution in [2.45, 2.75) is 39.8 Å². The second-order valence-electron chi connectivity index (χ2n) is 10.4. The number of esters is 2. The fourth-order valence-corrected chi connectivity index (χ4v) is 5.02. The Balaban J connectivity index is 1.54. The quantitative estimate of drug-likeness (QED) is 0.194. The molecule has 0 aliphatic carbocycles. The van der Waals surface area contributed by atoms with E-state index in [1.54, 1.807) is 37.4 Å². The molecule has 1 aliphatic rings. The molecular weight excluding hydrogens is 506 g/mol. The van der Waals surface area contributed by atoms with E-state index in [1.165, 1.54) is 12.3 Å². The van der Waals surface area contributed by atoms with Gasteiger partial charge in [0, 0.05) is 28.4 Å². The molecule has 7 heteroatoms. The fraction of sp³-hybridized carbons (Fsp3) is 0.212. The summed E-state index contributed by atoms with van der Waals surface area (Å²) < 4.78 is 22.2. The largest absolute Gasteiger partial charge is 0.496 e. The highest BCUT2D eigenvalue weighted by molar-refractivity contribution is 5.91. The van der Waals surface area contributed by atoms with Crippen LogP contribution in [-0.2, 0) is 11.3 Å². The number of methoxy groups -OCH3 is 1. The van der Waals surface area contributed by atoms with Crippen molar-refractivity contribution in [2.24, 2.45) is 0 Å². The summed E-state index contributed by atoms with van der Waals surface area (Å²) in [6.45, 7) is 8.30.